The van der Waals surface area contributed by atoms with Crippen molar-refractivity contribution in [1.29, 1.82) is 0 Å². The standard InChI is InChI=1S/C21H26BrN3O/c1-13(2)12-17-18-19(24-23-17)21(26)25(16-10-8-15(22)9-11-16)20(18)14-6-4-3-5-7-14/h8-11,13-14,20H,3-7,12H2,1-2H3,(H,23,24). The molecular formula is C21H26BrN3O. The number of hydrogen-bond acceptors (Lipinski definition) is 2. The van der Waals surface area contributed by atoms with Gasteiger partial charge in [-0.2, -0.15) is 5.10 Å². The smallest absolute Gasteiger partial charge is 0.279 e. The summed E-state index contributed by atoms with van der Waals surface area (Å²) in [4.78, 5) is 15.3. The van der Waals surface area contributed by atoms with Crippen molar-refractivity contribution in [3.8, 4) is 0 Å². The molecule has 1 amide bonds. The molecule has 1 saturated carbocycles. The van der Waals surface area contributed by atoms with E-state index in [1.54, 1.807) is 0 Å². The molecule has 5 heteroatoms. The Morgan fingerprint density at radius 3 is 2.54 bits per heavy atom. The average molecular weight is 416 g/mol. The lowest BCUT2D eigenvalue weighted by Crippen LogP contribution is -2.34. The molecule has 1 aromatic heterocycles. The fourth-order valence-electron chi connectivity index (χ4n) is 4.58. The van der Waals surface area contributed by atoms with Crippen LogP contribution in [0, 0.1) is 11.8 Å². The minimum atomic E-state index is 0.0455. The summed E-state index contributed by atoms with van der Waals surface area (Å²) in [7, 11) is 0. The molecule has 1 aliphatic carbocycles. The van der Waals surface area contributed by atoms with Gasteiger partial charge in [0.1, 0.15) is 0 Å². The van der Waals surface area contributed by atoms with E-state index in [0.29, 0.717) is 17.5 Å². The number of carbonyl (C=O) groups is 1. The summed E-state index contributed by atoms with van der Waals surface area (Å²) in [5.74, 6) is 1.09. The number of anilines is 1. The van der Waals surface area contributed by atoms with Crippen LogP contribution >= 0.6 is 15.9 Å². The van der Waals surface area contributed by atoms with Crippen molar-refractivity contribution in [1.82, 2.24) is 10.2 Å². The third kappa shape index (κ3) is 3.11. The van der Waals surface area contributed by atoms with Gasteiger partial charge < -0.3 is 0 Å². The number of nitrogens with one attached hydrogen (secondary N) is 1. The van der Waals surface area contributed by atoms with Crippen LogP contribution in [-0.2, 0) is 6.42 Å². The number of H-pyrrole nitrogens is 1. The van der Waals surface area contributed by atoms with Gasteiger partial charge in [-0.25, -0.2) is 0 Å². The number of benzene rings is 1. The number of hydrogen-bond donors (Lipinski definition) is 1. The van der Waals surface area contributed by atoms with Crippen LogP contribution in [0.4, 0.5) is 5.69 Å². The van der Waals surface area contributed by atoms with Crippen molar-refractivity contribution in [2.24, 2.45) is 11.8 Å². The zero-order valence-electron chi connectivity index (χ0n) is 15.5. The van der Waals surface area contributed by atoms with Crippen LogP contribution in [0.3, 0.4) is 0 Å². The summed E-state index contributed by atoms with van der Waals surface area (Å²) in [6, 6.07) is 8.22. The van der Waals surface area contributed by atoms with Gasteiger partial charge in [-0.3, -0.25) is 14.8 Å². The molecule has 2 aliphatic rings. The van der Waals surface area contributed by atoms with E-state index < -0.39 is 0 Å². The Morgan fingerprint density at radius 1 is 1.19 bits per heavy atom. The quantitative estimate of drug-likeness (QED) is 0.700. The van der Waals surface area contributed by atoms with Gasteiger partial charge in [0, 0.05) is 21.4 Å². The predicted molar refractivity (Wildman–Crippen MR) is 107 cm³/mol. The maximum Gasteiger partial charge on any atom is 0.279 e. The Labute approximate surface area is 163 Å². The average Bonchev–Trinajstić information content (AvgIpc) is 3.15. The van der Waals surface area contributed by atoms with Crippen molar-refractivity contribution in [3.05, 3.63) is 45.7 Å². The number of carbonyl (C=O) groups excluding carboxylic acids is 1. The van der Waals surface area contributed by atoms with Crippen molar-refractivity contribution in [3.63, 3.8) is 0 Å². The second-order valence-electron chi connectivity index (χ2n) is 8.06. The van der Waals surface area contributed by atoms with Gasteiger partial charge in [0.2, 0.25) is 0 Å². The van der Waals surface area contributed by atoms with Gasteiger partial charge >= 0.3 is 0 Å². The Morgan fingerprint density at radius 2 is 1.88 bits per heavy atom. The molecule has 2 aromatic rings. The number of amides is 1. The predicted octanol–water partition coefficient (Wildman–Crippen LogP) is 5.65. The first kappa shape index (κ1) is 17.8. The molecular weight excluding hydrogens is 390 g/mol. The summed E-state index contributed by atoms with van der Waals surface area (Å²) in [5.41, 5.74) is 3.93. The number of halogens is 1. The van der Waals surface area contributed by atoms with Crippen LogP contribution in [0.25, 0.3) is 0 Å². The topological polar surface area (TPSA) is 49.0 Å². The van der Waals surface area contributed by atoms with E-state index in [4.69, 9.17) is 0 Å². The number of fused-ring (bicyclic) bond motifs is 1. The molecule has 0 saturated heterocycles. The second-order valence-corrected chi connectivity index (χ2v) is 8.97. The summed E-state index contributed by atoms with van der Waals surface area (Å²) in [6.45, 7) is 4.43. The minimum absolute atomic E-state index is 0.0455. The molecule has 4 nitrogen and oxygen atoms in total. The molecule has 1 atom stereocenters. The molecule has 26 heavy (non-hydrogen) atoms. The zero-order valence-corrected chi connectivity index (χ0v) is 17.1. The van der Waals surface area contributed by atoms with Gasteiger partial charge in [0.05, 0.1) is 6.04 Å². The van der Waals surface area contributed by atoms with Gasteiger partial charge in [0.15, 0.2) is 5.69 Å². The molecule has 1 aliphatic heterocycles. The highest BCUT2D eigenvalue weighted by Crippen LogP contribution is 2.47. The third-order valence-electron chi connectivity index (χ3n) is 5.69. The Kier molecular flexibility index (Phi) is 4.91. The molecule has 0 bridgehead atoms. The second kappa shape index (κ2) is 7.18. The number of nitrogens with zero attached hydrogens (tertiary/aromatic N) is 2. The van der Waals surface area contributed by atoms with E-state index in [1.807, 2.05) is 29.2 Å². The van der Waals surface area contributed by atoms with Crippen LogP contribution in [0.1, 0.15) is 73.7 Å². The van der Waals surface area contributed by atoms with E-state index >= 15 is 0 Å². The van der Waals surface area contributed by atoms with Crippen molar-refractivity contribution < 1.29 is 4.79 Å². The third-order valence-corrected chi connectivity index (χ3v) is 6.22. The monoisotopic (exact) mass is 415 g/mol. The first-order valence-electron chi connectivity index (χ1n) is 9.72. The van der Waals surface area contributed by atoms with Crippen LogP contribution in [0.15, 0.2) is 28.7 Å². The lowest BCUT2D eigenvalue weighted by Gasteiger charge is -2.35. The van der Waals surface area contributed by atoms with Crippen molar-refractivity contribution in [2.45, 2.75) is 58.4 Å². The first-order valence-corrected chi connectivity index (χ1v) is 10.5. The van der Waals surface area contributed by atoms with E-state index in [-0.39, 0.29) is 11.9 Å². The molecule has 1 unspecified atom stereocenters. The normalized spacial score (nSPS) is 20.8. The van der Waals surface area contributed by atoms with E-state index in [2.05, 4.69) is 40.0 Å². The molecule has 0 radical (unpaired) electrons. The minimum Gasteiger partial charge on any atom is -0.299 e. The summed E-state index contributed by atoms with van der Waals surface area (Å²) in [5, 5.41) is 7.63. The maximum atomic E-state index is 13.3. The van der Waals surface area contributed by atoms with Gasteiger partial charge in [0.25, 0.3) is 5.91 Å². The highest BCUT2D eigenvalue weighted by molar-refractivity contribution is 9.10. The molecule has 2 heterocycles. The highest BCUT2D eigenvalue weighted by atomic mass is 79.9. The summed E-state index contributed by atoms with van der Waals surface area (Å²) >= 11 is 3.50. The molecule has 138 valence electrons. The molecule has 4 rings (SSSR count). The largest absolute Gasteiger partial charge is 0.299 e. The number of rotatable bonds is 4. The van der Waals surface area contributed by atoms with Gasteiger partial charge in [-0.05, 0) is 55.4 Å². The van der Waals surface area contributed by atoms with E-state index in [0.717, 1.165) is 22.3 Å². The lowest BCUT2D eigenvalue weighted by molar-refractivity contribution is 0.0977. The fraction of sp³-hybridized carbons (Fsp3) is 0.524. The van der Waals surface area contributed by atoms with Crippen molar-refractivity contribution >= 4 is 27.5 Å². The molecule has 0 spiro atoms. The Hall–Kier alpha value is -1.62. The van der Waals surface area contributed by atoms with Gasteiger partial charge in [-0.15, -0.1) is 0 Å². The van der Waals surface area contributed by atoms with Crippen LogP contribution < -0.4 is 4.90 Å². The van der Waals surface area contributed by atoms with Gasteiger partial charge in [-0.1, -0.05) is 49.0 Å². The zero-order chi connectivity index (χ0) is 18.3. The van der Waals surface area contributed by atoms with Crippen molar-refractivity contribution in [2.75, 3.05) is 4.90 Å². The number of aromatic amines is 1. The highest BCUT2D eigenvalue weighted by Gasteiger charge is 2.45. The fourth-order valence-corrected chi connectivity index (χ4v) is 4.84. The van der Waals surface area contributed by atoms with Crippen LogP contribution in [0.5, 0.6) is 0 Å². The summed E-state index contributed by atoms with van der Waals surface area (Å²) < 4.78 is 1.03. The molecule has 1 aromatic carbocycles. The van der Waals surface area contributed by atoms with Crippen LogP contribution in [0.2, 0.25) is 0 Å². The Bertz CT molecular complexity index is 790. The first-order chi connectivity index (χ1) is 12.6. The Balaban J connectivity index is 1.79. The van der Waals surface area contributed by atoms with E-state index in [9.17, 15) is 4.79 Å². The van der Waals surface area contributed by atoms with E-state index in [1.165, 1.54) is 37.7 Å². The molecule has 1 fully saturated rings. The maximum absolute atomic E-state index is 13.3. The molecule has 1 N–H and O–H groups in total. The van der Waals surface area contributed by atoms with Crippen LogP contribution in [-0.4, -0.2) is 16.1 Å². The SMILES string of the molecule is CC(C)Cc1[nH]nc2c1C(C1CCCCC1)N(c1ccc(Br)cc1)C2=O. The number of aromatic nitrogens is 2. The summed E-state index contributed by atoms with van der Waals surface area (Å²) in [6.07, 6.45) is 7.15. The lowest BCUT2D eigenvalue weighted by atomic mass is 9.80.